The predicted molar refractivity (Wildman–Crippen MR) is 108 cm³/mol. The van der Waals surface area contributed by atoms with E-state index in [1.165, 1.54) is 11.8 Å². The van der Waals surface area contributed by atoms with E-state index < -0.39 is 0 Å². The molecule has 0 aliphatic rings. The van der Waals surface area contributed by atoms with Crippen LogP contribution >= 0.6 is 11.8 Å². The first kappa shape index (κ1) is 19.2. The highest BCUT2D eigenvalue weighted by Crippen LogP contribution is 2.28. The Morgan fingerprint density at radius 3 is 2.52 bits per heavy atom. The smallest absolute Gasteiger partial charge is 0.237 e. The van der Waals surface area contributed by atoms with E-state index in [9.17, 15) is 4.79 Å². The van der Waals surface area contributed by atoms with Gasteiger partial charge in [-0.1, -0.05) is 42.1 Å². The van der Waals surface area contributed by atoms with Gasteiger partial charge in [-0.3, -0.25) is 9.48 Å². The molecule has 1 amide bonds. The molecule has 0 fully saturated rings. The summed E-state index contributed by atoms with van der Waals surface area (Å²) in [5, 5.41) is 16.4. The lowest BCUT2D eigenvalue weighted by molar-refractivity contribution is -0.115. The molecule has 0 radical (unpaired) electrons. The Balaban J connectivity index is 1.77. The maximum Gasteiger partial charge on any atom is 0.237 e. The fourth-order valence-electron chi connectivity index (χ4n) is 2.85. The average Bonchev–Trinajstić information content (AvgIpc) is 3.17. The predicted octanol–water partition coefficient (Wildman–Crippen LogP) is 3.43. The number of amides is 1. The molecule has 0 aliphatic heterocycles. The summed E-state index contributed by atoms with van der Waals surface area (Å²) in [5.74, 6) is 0.735. The molecule has 1 atom stereocenters. The van der Waals surface area contributed by atoms with E-state index in [0.29, 0.717) is 0 Å². The summed E-state index contributed by atoms with van der Waals surface area (Å²) in [4.78, 5) is 12.7. The molecule has 8 heteroatoms. The number of carbonyl (C=O) groups is 1. The van der Waals surface area contributed by atoms with Gasteiger partial charge in [0.15, 0.2) is 11.0 Å². The quantitative estimate of drug-likeness (QED) is 0.659. The van der Waals surface area contributed by atoms with Gasteiger partial charge in [0, 0.05) is 19.2 Å². The van der Waals surface area contributed by atoms with Crippen LogP contribution in [0.2, 0.25) is 0 Å². The molecule has 7 nitrogen and oxygen atoms in total. The lowest BCUT2D eigenvalue weighted by Gasteiger charge is -2.13. The van der Waals surface area contributed by atoms with Gasteiger partial charge in [-0.05, 0) is 27.7 Å². The minimum Gasteiger partial charge on any atom is -0.322 e. The van der Waals surface area contributed by atoms with Crippen LogP contribution < -0.4 is 5.32 Å². The molecule has 3 aromatic rings. The lowest BCUT2D eigenvalue weighted by atomic mass is 10.2. The van der Waals surface area contributed by atoms with Gasteiger partial charge >= 0.3 is 0 Å². The maximum absolute atomic E-state index is 12.7. The minimum atomic E-state index is -0.317. The number of aromatic nitrogens is 5. The third-order valence-electron chi connectivity index (χ3n) is 4.47. The van der Waals surface area contributed by atoms with Crippen LogP contribution in [0.3, 0.4) is 0 Å². The van der Waals surface area contributed by atoms with Gasteiger partial charge in [0.1, 0.15) is 0 Å². The van der Waals surface area contributed by atoms with Crippen LogP contribution in [-0.4, -0.2) is 35.7 Å². The Hall–Kier alpha value is -2.61. The maximum atomic E-state index is 12.7. The van der Waals surface area contributed by atoms with E-state index in [1.54, 1.807) is 4.68 Å². The van der Waals surface area contributed by atoms with Crippen molar-refractivity contribution in [2.24, 2.45) is 7.05 Å². The lowest BCUT2D eigenvalue weighted by Crippen LogP contribution is -2.23. The van der Waals surface area contributed by atoms with Crippen LogP contribution in [0.25, 0.3) is 11.4 Å². The second-order valence-corrected chi connectivity index (χ2v) is 7.64. The number of anilines is 1. The van der Waals surface area contributed by atoms with Crippen molar-refractivity contribution in [2.45, 2.75) is 44.6 Å². The summed E-state index contributed by atoms with van der Waals surface area (Å²) in [6.07, 6.45) is 0. The Bertz CT molecular complexity index is 947. The SMILES string of the molecule is CCn1c(S[C@@H](C)C(=O)Nc2c(C)nn(C)c2C)nnc1-c1ccccc1. The van der Waals surface area contributed by atoms with Gasteiger partial charge in [0.2, 0.25) is 5.91 Å². The number of thioether (sulfide) groups is 1. The Morgan fingerprint density at radius 2 is 1.93 bits per heavy atom. The topological polar surface area (TPSA) is 77.6 Å². The molecular weight excluding hydrogens is 360 g/mol. The van der Waals surface area contributed by atoms with Crippen molar-refractivity contribution in [2.75, 3.05) is 5.32 Å². The molecule has 2 aromatic heterocycles. The third kappa shape index (κ3) is 3.90. The number of nitrogens with one attached hydrogen (secondary N) is 1. The monoisotopic (exact) mass is 384 g/mol. The molecule has 0 saturated heterocycles. The van der Waals surface area contributed by atoms with Crippen LogP contribution in [0, 0.1) is 13.8 Å². The van der Waals surface area contributed by atoms with E-state index in [1.807, 2.05) is 69.6 Å². The normalized spacial score (nSPS) is 12.2. The van der Waals surface area contributed by atoms with E-state index >= 15 is 0 Å². The molecular formula is C19H24N6OS. The molecule has 0 spiro atoms. The van der Waals surface area contributed by atoms with E-state index in [-0.39, 0.29) is 11.2 Å². The number of carbonyl (C=O) groups excluding carboxylic acids is 1. The molecule has 0 bridgehead atoms. The zero-order valence-electron chi connectivity index (χ0n) is 16.2. The van der Waals surface area contributed by atoms with Gasteiger partial charge in [-0.25, -0.2) is 0 Å². The van der Waals surface area contributed by atoms with Crippen molar-refractivity contribution in [3.63, 3.8) is 0 Å². The number of nitrogens with zero attached hydrogens (tertiary/aromatic N) is 5. The zero-order chi connectivity index (χ0) is 19.6. The van der Waals surface area contributed by atoms with Gasteiger partial charge in [0.25, 0.3) is 0 Å². The Morgan fingerprint density at radius 1 is 1.22 bits per heavy atom. The van der Waals surface area contributed by atoms with Crippen LogP contribution in [0.5, 0.6) is 0 Å². The summed E-state index contributed by atoms with van der Waals surface area (Å²) >= 11 is 1.41. The summed E-state index contributed by atoms with van der Waals surface area (Å²) in [6.45, 7) is 8.48. The molecule has 142 valence electrons. The Kier molecular flexibility index (Phi) is 5.65. The average molecular weight is 385 g/mol. The highest BCUT2D eigenvalue weighted by Gasteiger charge is 2.22. The van der Waals surface area contributed by atoms with Gasteiger partial charge in [-0.15, -0.1) is 10.2 Å². The van der Waals surface area contributed by atoms with Crippen LogP contribution in [0.1, 0.15) is 25.2 Å². The fraction of sp³-hybridized carbons (Fsp3) is 0.368. The standard InChI is InChI=1S/C19H24N6OS/c1-6-25-17(15-10-8-7-9-11-15)21-22-19(25)27-14(4)18(26)20-16-12(2)23-24(5)13(16)3/h7-11,14H,6H2,1-5H3,(H,20,26)/t14-/m0/s1. The highest BCUT2D eigenvalue weighted by atomic mass is 32.2. The van der Waals surface area contributed by atoms with Gasteiger partial charge in [-0.2, -0.15) is 5.10 Å². The van der Waals surface area contributed by atoms with Gasteiger partial charge in [0.05, 0.1) is 22.3 Å². The van der Waals surface area contributed by atoms with E-state index in [2.05, 4.69) is 20.6 Å². The van der Waals surface area contributed by atoms with Crippen LogP contribution in [0.15, 0.2) is 35.5 Å². The van der Waals surface area contributed by atoms with E-state index in [4.69, 9.17) is 0 Å². The molecule has 27 heavy (non-hydrogen) atoms. The molecule has 1 N–H and O–H groups in total. The Labute approximate surface area is 163 Å². The molecule has 2 heterocycles. The summed E-state index contributed by atoms with van der Waals surface area (Å²) in [5.41, 5.74) is 3.53. The number of rotatable bonds is 6. The summed E-state index contributed by atoms with van der Waals surface area (Å²) < 4.78 is 3.80. The molecule has 3 rings (SSSR count). The number of hydrogen-bond donors (Lipinski definition) is 1. The fourth-order valence-corrected chi connectivity index (χ4v) is 3.77. The van der Waals surface area contributed by atoms with Crippen molar-refractivity contribution in [3.05, 3.63) is 41.7 Å². The summed E-state index contributed by atoms with van der Waals surface area (Å²) in [7, 11) is 1.87. The van der Waals surface area contributed by atoms with Crippen molar-refractivity contribution in [1.29, 1.82) is 0 Å². The minimum absolute atomic E-state index is 0.0777. The number of hydrogen-bond acceptors (Lipinski definition) is 5. The molecule has 0 aliphatic carbocycles. The first-order chi connectivity index (χ1) is 12.9. The molecule has 0 saturated carbocycles. The first-order valence-electron chi connectivity index (χ1n) is 8.88. The first-order valence-corrected chi connectivity index (χ1v) is 9.76. The van der Waals surface area contributed by atoms with Crippen LogP contribution in [0.4, 0.5) is 5.69 Å². The van der Waals surface area contributed by atoms with Gasteiger partial charge < -0.3 is 9.88 Å². The number of aryl methyl sites for hydroxylation is 2. The third-order valence-corrected chi connectivity index (χ3v) is 5.55. The van der Waals surface area contributed by atoms with Crippen molar-refractivity contribution >= 4 is 23.4 Å². The summed E-state index contributed by atoms with van der Waals surface area (Å²) in [6, 6.07) is 9.95. The second kappa shape index (κ2) is 7.96. The molecule has 0 unspecified atom stereocenters. The largest absolute Gasteiger partial charge is 0.322 e. The van der Waals surface area contributed by atoms with Crippen molar-refractivity contribution < 1.29 is 4.79 Å². The van der Waals surface area contributed by atoms with Crippen LogP contribution in [-0.2, 0) is 18.4 Å². The molecule has 1 aromatic carbocycles. The van der Waals surface area contributed by atoms with Crippen molar-refractivity contribution in [1.82, 2.24) is 24.5 Å². The van der Waals surface area contributed by atoms with Crippen molar-refractivity contribution in [3.8, 4) is 11.4 Å². The van der Waals surface area contributed by atoms with E-state index in [0.717, 1.165) is 40.2 Å². The highest BCUT2D eigenvalue weighted by molar-refractivity contribution is 8.00. The number of benzene rings is 1. The zero-order valence-corrected chi connectivity index (χ0v) is 17.0. The second-order valence-electron chi connectivity index (χ2n) is 6.34.